The molecular formula is C12H13N3O2S2. The minimum atomic E-state index is 0.150. The second-order valence-corrected chi connectivity index (χ2v) is 5.98. The molecule has 7 heteroatoms. The highest BCUT2D eigenvalue weighted by Gasteiger charge is 2.17. The first-order valence-electron chi connectivity index (χ1n) is 6.01. The number of carbonyl (C=O) groups is 1. The molecule has 1 saturated heterocycles. The molecule has 19 heavy (non-hydrogen) atoms. The van der Waals surface area contributed by atoms with Gasteiger partial charge in [-0.25, -0.2) is 9.97 Å². The molecule has 0 N–H and O–H groups in total. The van der Waals surface area contributed by atoms with Crippen molar-refractivity contribution in [3.8, 4) is 0 Å². The number of ether oxygens (including phenoxy) is 1. The van der Waals surface area contributed by atoms with Gasteiger partial charge in [-0.1, -0.05) is 11.8 Å². The van der Waals surface area contributed by atoms with Gasteiger partial charge in [0.15, 0.2) is 0 Å². The van der Waals surface area contributed by atoms with Crippen LogP contribution < -0.4 is 0 Å². The number of nitrogens with zero attached hydrogens (tertiary/aromatic N) is 3. The Morgan fingerprint density at radius 3 is 3.11 bits per heavy atom. The lowest BCUT2D eigenvalue weighted by molar-refractivity contribution is -0.132. The van der Waals surface area contributed by atoms with Gasteiger partial charge in [0.05, 0.1) is 29.2 Å². The van der Waals surface area contributed by atoms with Gasteiger partial charge >= 0.3 is 0 Å². The number of thiophene rings is 1. The van der Waals surface area contributed by atoms with Crippen LogP contribution in [0.1, 0.15) is 0 Å². The normalized spacial score (nSPS) is 15.9. The van der Waals surface area contributed by atoms with E-state index in [1.165, 1.54) is 11.8 Å². The standard InChI is InChI=1S/C12H13N3O2S2/c16-10(15-2-4-17-5-3-15)7-19-12-11-9(1-6-18-11)13-8-14-12/h1,6,8H,2-5,7H2. The van der Waals surface area contributed by atoms with E-state index in [9.17, 15) is 4.79 Å². The van der Waals surface area contributed by atoms with Crippen molar-refractivity contribution in [3.63, 3.8) is 0 Å². The zero-order valence-corrected chi connectivity index (χ0v) is 11.9. The zero-order chi connectivity index (χ0) is 13.1. The van der Waals surface area contributed by atoms with Crippen LogP contribution in [-0.4, -0.2) is 52.8 Å². The maximum Gasteiger partial charge on any atom is 0.233 e. The van der Waals surface area contributed by atoms with Gasteiger partial charge in [-0.05, 0) is 11.4 Å². The Balaban J connectivity index is 1.65. The van der Waals surface area contributed by atoms with Crippen LogP contribution in [0.15, 0.2) is 22.8 Å². The lowest BCUT2D eigenvalue weighted by atomic mass is 10.4. The highest BCUT2D eigenvalue weighted by Crippen LogP contribution is 2.28. The van der Waals surface area contributed by atoms with E-state index in [1.54, 1.807) is 17.7 Å². The number of aromatic nitrogens is 2. The molecule has 0 aromatic carbocycles. The maximum atomic E-state index is 12.1. The molecular weight excluding hydrogens is 282 g/mol. The molecule has 2 aromatic rings. The molecule has 1 aliphatic rings. The molecule has 2 aromatic heterocycles. The Kier molecular flexibility index (Phi) is 3.95. The summed E-state index contributed by atoms with van der Waals surface area (Å²) < 4.78 is 6.30. The van der Waals surface area contributed by atoms with Gasteiger partial charge in [0, 0.05) is 13.1 Å². The summed E-state index contributed by atoms with van der Waals surface area (Å²) in [5, 5.41) is 2.88. The molecule has 3 rings (SSSR count). The summed E-state index contributed by atoms with van der Waals surface area (Å²) in [5.41, 5.74) is 0.946. The first kappa shape index (κ1) is 12.8. The van der Waals surface area contributed by atoms with Crippen LogP contribution in [0.5, 0.6) is 0 Å². The van der Waals surface area contributed by atoms with E-state index in [0.29, 0.717) is 32.1 Å². The molecule has 0 atom stereocenters. The maximum absolute atomic E-state index is 12.1. The van der Waals surface area contributed by atoms with Gasteiger partial charge in [0.2, 0.25) is 5.91 Å². The number of amides is 1. The fourth-order valence-electron chi connectivity index (χ4n) is 1.90. The van der Waals surface area contributed by atoms with Crippen LogP contribution in [0, 0.1) is 0 Å². The lowest BCUT2D eigenvalue weighted by Gasteiger charge is -2.26. The van der Waals surface area contributed by atoms with Crippen molar-refractivity contribution in [1.82, 2.24) is 14.9 Å². The van der Waals surface area contributed by atoms with Gasteiger partial charge < -0.3 is 9.64 Å². The molecule has 0 radical (unpaired) electrons. The second kappa shape index (κ2) is 5.85. The van der Waals surface area contributed by atoms with Gasteiger partial charge in [-0.3, -0.25) is 4.79 Å². The van der Waals surface area contributed by atoms with Crippen molar-refractivity contribution in [2.45, 2.75) is 5.03 Å². The van der Waals surface area contributed by atoms with Gasteiger partial charge in [0.1, 0.15) is 11.4 Å². The minimum Gasteiger partial charge on any atom is -0.378 e. The third kappa shape index (κ3) is 2.88. The summed E-state index contributed by atoms with van der Waals surface area (Å²) in [6.07, 6.45) is 1.55. The summed E-state index contributed by atoms with van der Waals surface area (Å²) in [6.45, 7) is 2.66. The average Bonchev–Trinajstić information content (AvgIpc) is 2.94. The average molecular weight is 295 g/mol. The number of fused-ring (bicyclic) bond motifs is 1. The Morgan fingerprint density at radius 1 is 1.42 bits per heavy atom. The van der Waals surface area contributed by atoms with Crippen LogP contribution in [0.25, 0.3) is 10.2 Å². The van der Waals surface area contributed by atoms with Crippen molar-refractivity contribution in [3.05, 3.63) is 17.8 Å². The molecule has 1 fully saturated rings. The third-order valence-electron chi connectivity index (χ3n) is 2.91. The first-order chi connectivity index (χ1) is 9.34. The molecule has 0 bridgehead atoms. The Labute approximate surface area is 119 Å². The third-order valence-corrected chi connectivity index (χ3v) is 4.92. The number of hydrogen-bond acceptors (Lipinski definition) is 6. The van der Waals surface area contributed by atoms with Crippen LogP contribution in [-0.2, 0) is 9.53 Å². The monoisotopic (exact) mass is 295 g/mol. The van der Waals surface area contributed by atoms with E-state index >= 15 is 0 Å². The summed E-state index contributed by atoms with van der Waals surface area (Å²) in [5.74, 6) is 0.570. The van der Waals surface area contributed by atoms with Crippen molar-refractivity contribution in [1.29, 1.82) is 0 Å². The molecule has 100 valence electrons. The van der Waals surface area contributed by atoms with E-state index < -0.39 is 0 Å². The van der Waals surface area contributed by atoms with E-state index in [0.717, 1.165) is 15.2 Å². The Morgan fingerprint density at radius 2 is 2.26 bits per heavy atom. The van der Waals surface area contributed by atoms with Crippen molar-refractivity contribution < 1.29 is 9.53 Å². The summed E-state index contributed by atoms with van der Waals surface area (Å²) in [4.78, 5) is 22.4. The van der Waals surface area contributed by atoms with Crippen molar-refractivity contribution in [2.24, 2.45) is 0 Å². The van der Waals surface area contributed by atoms with Crippen molar-refractivity contribution in [2.75, 3.05) is 32.1 Å². The Hall–Kier alpha value is -1.18. The number of thioether (sulfide) groups is 1. The highest BCUT2D eigenvalue weighted by molar-refractivity contribution is 8.00. The SMILES string of the molecule is O=C(CSc1ncnc2ccsc12)N1CCOCC1. The van der Waals surface area contributed by atoms with Crippen LogP contribution in [0.4, 0.5) is 0 Å². The molecule has 1 amide bonds. The summed E-state index contributed by atoms with van der Waals surface area (Å²) in [7, 11) is 0. The van der Waals surface area contributed by atoms with E-state index in [1.807, 2.05) is 16.3 Å². The van der Waals surface area contributed by atoms with E-state index in [-0.39, 0.29) is 5.91 Å². The number of morpholine rings is 1. The summed E-state index contributed by atoms with van der Waals surface area (Å²) >= 11 is 3.09. The molecule has 0 spiro atoms. The second-order valence-electron chi connectivity index (χ2n) is 4.10. The smallest absolute Gasteiger partial charge is 0.233 e. The molecule has 5 nitrogen and oxygen atoms in total. The molecule has 0 aliphatic carbocycles. The molecule has 0 saturated carbocycles. The first-order valence-corrected chi connectivity index (χ1v) is 7.87. The molecule has 1 aliphatic heterocycles. The summed E-state index contributed by atoms with van der Waals surface area (Å²) in [6, 6.07) is 1.97. The predicted molar refractivity (Wildman–Crippen MR) is 75.5 cm³/mol. The fraction of sp³-hybridized carbons (Fsp3) is 0.417. The number of carbonyl (C=O) groups excluding carboxylic acids is 1. The van der Waals surface area contributed by atoms with Gasteiger partial charge in [0.25, 0.3) is 0 Å². The lowest BCUT2D eigenvalue weighted by Crippen LogP contribution is -2.41. The topological polar surface area (TPSA) is 55.3 Å². The Bertz CT molecular complexity index is 581. The molecule has 0 unspecified atom stereocenters. The largest absolute Gasteiger partial charge is 0.378 e. The number of hydrogen-bond donors (Lipinski definition) is 0. The van der Waals surface area contributed by atoms with Crippen LogP contribution >= 0.6 is 23.1 Å². The quantitative estimate of drug-likeness (QED) is 0.636. The van der Waals surface area contributed by atoms with Crippen molar-refractivity contribution >= 4 is 39.2 Å². The van der Waals surface area contributed by atoms with Gasteiger partial charge in [-0.2, -0.15) is 0 Å². The number of rotatable bonds is 3. The van der Waals surface area contributed by atoms with Crippen LogP contribution in [0.3, 0.4) is 0 Å². The minimum absolute atomic E-state index is 0.150. The van der Waals surface area contributed by atoms with E-state index in [2.05, 4.69) is 9.97 Å². The fourth-order valence-corrected chi connectivity index (χ4v) is 3.75. The zero-order valence-electron chi connectivity index (χ0n) is 10.2. The predicted octanol–water partition coefficient (Wildman–Crippen LogP) is 1.64. The highest BCUT2D eigenvalue weighted by atomic mass is 32.2. The van der Waals surface area contributed by atoms with E-state index in [4.69, 9.17) is 4.74 Å². The molecule has 3 heterocycles. The van der Waals surface area contributed by atoms with Crippen LogP contribution in [0.2, 0.25) is 0 Å². The van der Waals surface area contributed by atoms with Gasteiger partial charge in [-0.15, -0.1) is 11.3 Å².